The van der Waals surface area contributed by atoms with Gasteiger partial charge >= 0.3 is 0 Å². The third-order valence-corrected chi connectivity index (χ3v) is 4.24. The molecule has 110 valence electrons. The number of Topliss-reactive ketones (excluding diaryl/α,β-unsaturated/α-hetero) is 1. The number of ketones is 1. The fourth-order valence-electron chi connectivity index (χ4n) is 2.17. The minimum Gasteiger partial charge on any atom is -0.299 e. The SMILES string of the molecule is CC(=O)CSc1nc2ccccc2n1C(=O)c1ccccc1. The molecule has 0 amide bonds. The molecule has 0 saturated carbocycles. The molecule has 4 nitrogen and oxygen atoms in total. The van der Waals surface area contributed by atoms with Crippen LogP contribution >= 0.6 is 11.8 Å². The molecule has 0 aliphatic carbocycles. The zero-order valence-corrected chi connectivity index (χ0v) is 12.8. The molecule has 0 unspecified atom stereocenters. The molecule has 22 heavy (non-hydrogen) atoms. The average Bonchev–Trinajstić information content (AvgIpc) is 2.91. The van der Waals surface area contributed by atoms with Gasteiger partial charge in [-0.1, -0.05) is 42.1 Å². The highest BCUT2D eigenvalue weighted by atomic mass is 32.2. The Morgan fingerprint density at radius 2 is 1.73 bits per heavy atom. The van der Waals surface area contributed by atoms with E-state index in [0.717, 1.165) is 11.0 Å². The molecule has 0 N–H and O–H groups in total. The largest absolute Gasteiger partial charge is 0.299 e. The second-order valence-corrected chi connectivity index (χ2v) is 5.82. The third kappa shape index (κ3) is 2.80. The Morgan fingerprint density at radius 3 is 2.45 bits per heavy atom. The number of hydrogen-bond donors (Lipinski definition) is 0. The first-order chi connectivity index (χ1) is 10.7. The van der Waals surface area contributed by atoms with E-state index in [1.807, 2.05) is 42.5 Å². The molecule has 0 fully saturated rings. The van der Waals surface area contributed by atoms with Gasteiger partial charge in [-0.2, -0.15) is 0 Å². The summed E-state index contributed by atoms with van der Waals surface area (Å²) in [5.41, 5.74) is 2.09. The number of para-hydroxylation sites is 2. The standard InChI is InChI=1S/C17H14N2O2S/c1-12(20)11-22-17-18-14-9-5-6-10-15(14)19(17)16(21)13-7-3-2-4-8-13/h2-10H,11H2,1H3. The Bertz CT molecular complexity index is 840. The normalized spacial score (nSPS) is 10.8. The van der Waals surface area contributed by atoms with Gasteiger partial charge in [-0.25, -0.2) is 4.98 Å². The highest BCUT2D eigenvalue weighted by Gasteiger charge is 2.18. The zero-order chi connectivity index (χ0) is 15.5. The first kappa shape index (κ1) is 14.5. The van der Waals surface area contributed by atoms with E-state index in [0.29, 0.717) is 16.5 Å². The zero-order valence-electron chi connectivity index (χ0n) is 12.0. The van der Waals surface area contributed by atoms with E-state index in [1.54, 1.807) is 16.7 Å². The molecule has 0 spiro atoms. The predicted molar refractivity (Wildman–Crippen MR) is 87.3 cm³/mol. The number of nitrogens with zero attached hydrogens (tertiary/aromatic N) is 2. The van der Waals surface area contributed by atoms with Crippen molar-refractivity contribution < 1.29 is 9.59 Å². The Balaban J connectivity index is 2.11. The van der Waals surface area contributed by atoms with Gasteiger partial charge in [-0.05, 0) is 31.2 Å². The molecule has 0 aliphatic rings. The number of hydrogen-bond acceptors (Lipinski definition) is 4. The van der Waals surface area contributed by atoms with Crippen LogP contribution in [-0.2, 0) is 4.79 Å². The van der Waals surface area contributed by atoms with Gasteiger partial charge in [0.15, 0.2) is 5.16 Å². The minimum absolute atomic E-state index is 0.0516. The van der Waals surface area contributed by atoms with Crippen molar-refractivity contribution >= 4 is 34.5 Å². The summed E-state index contributed by atoms with van der Waals surface area (Å²) in [5.74, 6) is 0.210. The third-order valence-electron chi connectivity index (χ3n) is 3.16. The average molecular weight is 310 g/mol. The summed E-state index contributed by atoms with van der Waals surface area (Å²) in [4.78, 5) is 28.5. The summed E-state index contributed by atoms with van der Waals surface area (Å²) in [6.45, 7) is 1.53. The lowest BCUT2D eigenvalue weighted by Gasteiger charge is -2.07. The van der Waals surface area contributed by atoms with Gasteiger partial charge in [0.25, 0.3) is 5.91 Å². The topological polar surface area (TPSA) is 52.0 Å². The summed E-state index contributed by atoms with van der Waals surface area (Å²) in [6, 6.07) is 16.6. The molecule has 3 rings (SSSR count). The Morgan fingerprint density at radius 1 is 1.05 bits per heavy atom. The molecule has 0 aliphatic heterocycles. The highest BCUT2D eigenvalue weighted by molar-refractivity contribution is 7.99. The van der Waals surface area contributed by atoms with Gasteiger partial charge in [0, 0.05) is 5.56 Å². The van der Waals surface area contributed by atoms with Gasteiger partial charge in [0.05, 0.1) is 16.8 Å². The van der Waals surface area contributed by atoms with E-state index in [4.69, 9.17) is 0 Å². The molecule has 1 heterocycles. The Hall–Kier alpha value is -2.40. The second-order valence-electron chi connectivity index (χ2n) is 4.88. The summed E-state index contributed by atoms with van der Waals surface area (Å²) in [7, 11) is 0. The molecule has 0 saturated heterocycles. The van der Waals surface area contributed by atoms with Crippen LogP contribution in [0.3, 0.4) is 0 Å². The number of imidazole rings is 1. The molecule has 3 aromatic rings. The lowest BCUT2D eigenvalue weighted by molar-refractivity contribution is -0.114. The van der Waals surface area contributed by atoms with Gasteiger partial charge in [0.1, 0.15) is 5.78 Å². The summed E-state index contributed by atoms with van der Waals surface area (Å²) in [5, 5.41) is 0.547. The quantitative estimate of drug-likeness (QED) is 0.693. The fraction of sp³-hybridized carbons (Fsp3) is 0.118. The molecular weight excluding hydrogens is 296 g/mol. The van der Waals surface area contributed by atoms with E-state index in [9.17, 15) is 9.59 Å². The van der Waals surface area contributed by atoms with Crippen molar-refractivity contribution in [2.24, 2.45) is 0 Å². The van der Waals surface area contributed by atoms with Crippen LogP contribution in [0.15, 0.2) is 59.8 Å². The molecule has 0 bridgehead atoms. The number of thioether (sulfide) groups is 1. The van der Waals surface area contributed by atoms with Crippen LogP contribution in [0, 0.1) is 0 Å². The first-order valence-electron chi connectivity index (χ1n) is 6.86. The monoisotopic (exact) mass is 310 g/mol. The summed E-state index contributed by atoms with van der Waals surface area (Å²) >= 11 is 1.29. The highest BCUT2D eigenvalue weighted by Crippen LogP contribution is 2.25. The van der Waals surface area contributed by atoms with Crippen LogP contribution < -0.4 is 0 Å². The maximum absolute atomic E-state index is 12.8. The number of rotatable bonds is 4. The maximum Gasteiger partial charge on any atom is 0.264 e. The van der Waals surface area contributed by atoms with Crippen molar-refractivity contribution in [1.29, 1.82) is 0 Å². The number of carbonyl (C=O) groups is 2. The predicted octanol–water partition coefficient (Wildman–Crippen LogP) is 3.41. The summed E-state index contributed by atoms with van der Waals surface area (Å²) in [6.07, 6.45) is 0. The van der Waals surface area contributed by atoms with Crippen molar-refractivity contribution in [3.05, 3.63) is 60.2 Å². The van der Waals surface area contributed by atoms with Crippen LogP contribution in [0.2, 0.25) is 0 Å². The van der Waals surface area contributed by atoms with Crippen LogP contribution in [0.25, 0.3) is 11.0 Å². The first-order valence-corrected chi connectivity index (χ1v) is 7.85. The van der Waals surface area contributed by atoms with Crippen LogP contribution in [-0.4, -0.2) is 27.0 Å². The Kier molecular flexibility index (Phi) is 4.06. The van der Waals surface area contributed by atoms with E-state index < -0.39 is 0 Å². The van der Waals surface area contributed by atoms with Crippen molar-refractivity contribution in [3.63, 3.8) is 0 Å². The Labute approximate surface area is 132 Å². The van der Waals surface area contributed by atoms with Crippen molar-refractivity contribution in [3.8, 4) is 0 Å². The molecule has 5 heteroatoms. The molecule has 0 radical (unpaired) electrons. The van der Waals surface area contributed by atoms with Crippen LogP contribution in [0.4, 0.5) is 0 Å². The maximum atomic E-state index is 12.8. The fourth-order valence-corrected chi connectivity index (χ4v) is 2.98. The van der Waals surface area contributed by atoms with Gasteiger partial charge < -0.3 is 0 Å². The van der Waals surface area contributed by atoms with Crippen molar-refractivity contribution in [1.82, 2.24) is 9.55 Å². The molecule has 1 aromatic heterocycles. The second kappa shape index (κ2) is 6.15. The van der Waals surface area contributed by atoms with Gasteiger partial charge in [-0.3, -0.25) is 14.2 Å². The molecule has 0 atom stereocenters. The van der Waals surface area contributed by atoms with E-state index >= 15 is 0 Å². The number of carbonyl (C=O) groups excluding carboxylic acids is 2. The molecular formula is C17H14N2O2S. The van der Waals surface area contributed by atoms with Crippen molar-refractivity contribution in [2.45, 2.75) is 12.1 Å². The smallest absolute Gasteiger partial charge is 0.264 e. The van der Waals surface area contributed by atoms with Gasteiger partial charge in [-0.15, -0.1) is 0 Å². The molecule has 2 aromatic carbocycles. The van der Waals surface area contributed by atoms with E-state index in [2.05, 4.69) is 4.98 Å². The minimum atomic E-state index is -0.139. The lowest BCUT2D eigenvalue weighted by Crippen LogP contribution is -2.13. The van der Waals surface area contributed by atoms with E-state index in [1.165, 1.54) is 18.7 Å². The van der Waals surface area contributed by atoms with Crippen LogP contribution in [0.5, 0.6) is 0 Å². The van der Waals surface area contributed by atoms with E-state index in [-0.39, 0.29) is 11.7 Å². The lowest BCUT2D eigenvalue weighted by atomic mass is 10.2. The summed E-state index contributed by atoms with van der Waals surface area (Å²) < 4.78 is 1.58. The number of fused-ring (bicyclic) bond motifs is 1. The van der Waals surface area contributed by atoms with Crippen molar-refractivity contribution in [2.75, 3.05) is 5.75 Å². The number of benzene rings is 2. The van der Waals surface area contributed by atoms with Crippen LogP contribution in [0.1, 0.15) is 17.3 Å². The number of aromatic nitrogens is 2. The van der Waals surface area contributed by atoms with Gasteiger partial charge in [0.2, 0.25) is 0 Å².